The van der Waals surface area contributed by atoms with Gasteiger partial charge in [0.2, 0.25) is 5.88 Å². The van der Waals surface area contributed by atoms with Crippen LogP contribution in [-0.4, -0.2) is 50.2 Å². The average Bonchev–Trinajstić information content (AvgIpc) is 2.91. The van der Waals surface area contributed by atoms with Crippen LogP contribution in [0.4, 0.5) is 4.39 Å². The number of nitrogens with zero attached hydrogens (tertiary/aromatic N) is 2. The topological polar surface area (TPSA) is 117 Å². The van der Waals surface area contributed by atoms with Crippen LogP contribution in [0.1, 0.15) is 55.6 Å². The molecule has 214 valence electrons. The van der Waals surface area contributed by atoms with Crippen molar-refractivity contribution < 1.29 is 31.8 Å². The minimum atomic E-state index is -4.27. The maximum absolute atomic E-state index is 14.5. The molecular formula is C29H34FN3O6S. The summed E-state index contributed by atoms with van der Waals surface area (Å²) in [5.74, 6) is -0.921. The standard InChI is InChI=1S/C29H34FN3O6S/c1-18(2)17-38-22-15-20(14-21(30)16-22)24-13-12-23(29(32-24)39-26-10-6-5-9-25(26)37-4)28(34)33-40(35,36)27-11-7-8-19(3)31-27/h7-8,11-16,18,25-26H,5-6,9-10,17H2,1-4H3,(H,33,34). The predicted octanol–water partition coefficient (Wildman–Crippen LogP) is 5.08. The molecule has 1 fully saturated rings. The van der Waals surface area contributed by atoms with Gasteiger partial charge in [-0.1, -0.05) is 26.3 Å². The Balaban J connectivity index is 1.71. The molecule has 11 heteroatoms. The number of halogens is 1. The number of benzene rings is 1. The summed E-state index contributed by atoms with van der Waals surface area (Å²) in [6.07, 6.45) is 2.70. The Hall–Kier alpha value is -3.57. The molecule has 0 spiro atoms. The van der Waals surface area contributed by atoms with Gasteiger partial charge in [-0.3, -0.25) is 4.79 Å². The fourth-order valence-electron chi connectivity index (χ4n) is 4.43. The summed E-state index contributed by atoms with van der Waals surface area (Å²) < 4.78 is 59.9. The number of nitrogens with one attached hydrogen (secondary N) is 1. The third-order valence-electron chi connectivity index (χ3n) is 6.43. The van der Waals surface area contributed by atoms with Crippen molar-refractivity contribution in [2.24, 2.45) is 5.92 Å². The van der Waals surface area contributed by atoms with Crippen molar-refractivity contribution >= 4 is 15.9 Å². The molecular weight excluding hydrogens is 537 g/mol. The van der Waals surface area contributed by atoms with E-state index in [9.17, 15) is 17.6 Å². The highest BCUT2D eigenvalue weighted by Crippen LogP contribution is 2.31. The van der Waals surface area contributed by atoms with E-state index in [1.54, 1.807) is 32.2 Å². The van der Waals surface area contributed by atoms with Crippen molar-refractivity contribution in [3.63, 3.8) is 0 Å². The number of aromatic nitrogens is 2. The number of sulfonamides is 1. The fraction of sp³-hybridized carbons (Fsp3) is 0.414. The molecule has 1 saturated carbocycles. The van der Waals surface area contributed by atoms with Gasteiger partial charge in [-0.25, -0.2) is 19.1 Å². The first-order chi connectivity index (χ1) is 19.1. The van der Waals surface area contributed by atoms with Crippen molar-refractivity contribution in [2.75, 3.05) is 13.7 Å². The molecule has 9 nitrogen and oxygen atoms in total. The Labute approximate surface area is 234 Å². The van der Waals surface area contributed by atoms with Crippen molar-refractivity contribution in [3.8, 4) is 22.9 Å². The van der Waals surface area contributed by atoms with E-state index in [0.717, 1.165) is 19.3 Å². The molecule has 4 rings (SSSR count). The number of ether oxygens (including phenoxy) is 3. The highest BCUT2D eigenvalue weighted by molar-refractivity contribution is 7.90. The lowest BCUT2D eigenvalue weighted by molar-refractivity contribution is -0.0249. The molecule has 2 aromatic heterocycles. The maximum atomic E-state index is 14.5. The molecule has 1 aliphatic carbocycles. The van der Waals surface area contributed by atoms with Crippen LogP contribution >= 0.6 is 0 Å². The van der Waals surface area contributed by atoms with Gasteiger partial charge in [0.15, 0.2) is 5.03 Å². The Kier molecular flexibility index (Phi) is 9.36. The van der Waals surface area contributed by atoms with Crippen LogP contribution in [0, 0.1) is 18.7 Å². The Morgan fingerprint density at radius 1 is 1.07 bits per heavy atom. The average molecular weight is 572 g/mol. The highest BCUT2D eigenvalue weighted by atomic mass is 32.2. The molecule has 3 aromatic rings. The first kappa shape index (κ1) is 29.4. The van der Waals surface area contributed by atoms with Gasteiger partial charge in [0.1, 0.15) is 23.2 Å². The molecule has 1 N–H and O–H groups in total. The van der Waals surface area contributed by atoms with Gasteiger partial charge in [0.25, 0.3) is 15.9 Å². The third-order valence-corrected chi connectivity index (χ3v) is 7.66. The van der Waals surface area contributed by atoms with E-state index in [1.807, 2.05) is 13.8 Å². The zero-order chi connectivity index (χ0) is 28.9. The van der Waals surface area contributed by atoms with E-state index in [1.165, 1.54) is 30.3 Å². The van der Waals surface area contributed by atoms with Crippen LogP contribution < -0.4 is 14.2 Å². The number of aryl methyl sites for hydroxylation is 1. The molecule has 0 saturated heterocycles. The van der Waals surface area contributed by atoms with E-state index in [4.69, 9.17) is 14.2 Å². The minimum Gasteiger partial charge on any atom is -0.493 e. The second-order valence-electron chi connectivity index (χ2n) is 10.2. The van der Waals surface area contributed by atoms with Crippen molar-refractivity contribution in [1.29, 1.82) is 0 Å². The summed E-state index contributed by atoms with van der Waals surface area (Å²) in [5.41, 5.74) is 1.14. The maximum Gasteiger partial charge on any atom is 0.281 e. The van der Waals surface area contributed by atoms with Crippen molar-refractivity contribution in [2.45, 2.75) is 63.7 Å². The Morgan fingerprint density at radius 2 is 1.82 bits per heavy atom. The normalized spacial score (nSPS) is 17.4. The number of hydrogen-bond donors (Lipinski definition) is 1. The number of hydrogen-bond acceptors (Lipinski definition) is 8. The van der Waals surface area contributed by atoms with Crippen LogP contribution in [0.15, 0.2) is 53.6 Å². The molecule has 1 aliphatic rings. The van der Waals surface area contributed by atoms with Crippen LogP contribution in [-0.2, 0) is 14.8 Å². The molecule has 0 radical (unpaired) electrons. The number of methoxy groups -OCH3 is 1. The van der Waals surface area contributed by atoms with E-state index in [-0.39, 0.29) is 28.5 Å². The number of amides is 1. The van der Waals surface area contributed by atoms with Gasteiger partial charge in [-0.15, -0.1) is 0 Å². The molecule has 40 heavy (non-hydrogen) atoms. The first-order valence-electron chi connectivity index (χ1n) is 13.2. The molecule has 1 amide bonds. The van der Waals surface area contributed by atoms with Crippen LogP contribution in [0.2, 0.25) is 0 Å². The summed E-state index contributed by atoms with van der Waals surface area (Å²) in [4.78, 5) is 21.8. The van der Waals surface area contributed by atoms with E-state index in [2.05, 4.69) is 14.7 Å². The first-order valence-corrected chi connectivity index (χ1v) is 14.7. The van der Waals surface area contributed by atoms with E-state index < -0.39 is 27.9 Å². The van der Waals surface area contributed by atoms with Gasteiger partial charge in [0.05, 0.1) is 18.4 Å². The van der Waals surface area contributed by atoms with Gasteiger partial charge in [-0.05, 0) is 68.5 Å². The molecule has 0 bridgehead atoms. The lowest BCUT2D eigenvalue weighted by Crippen LogP contribution is -2.37. The second kappa shape index (κ2) is 12.7. The number of carbonyl (C=O) groups excluding carboxylic acids is 1. The Bertz CT molecular complexity index is 1460. The van der Waals surface area contributed by atoms with E-state index in [0.29, 0.717) is 35.7 Å². The van der Waals surface area contributed by atoms with Crippen LogP contribution in [0.25, 0.3) is 11.3 Å². The molecule has 2 atom stereocenters. The number of pyridine rings is 2. The summed E-state index contributed by atoms with van der Waals surface area (Å²) >= 11 is 0. The SMILES string of the molecule is COC1CCCCC1Oc1nc(-c2cc(F)cc(OCC(C)C)c2)ccc1C(=O)NS(=O)(=O)c1cccc(C)n1. The van der Waals surface area contributed by atoms with Gasteiger partial charge < -0.3 is 14.2 Å². The van der Waals surface area contributed by atoms with E-state index >= 15 is 0 Å². The summed E-state index contributed by atoms with van der Waals surface area (Å²) in [6.45, 7) is 6.04. The van der Waals surface area contributed by atoms with Crippen molar-refractivity contribution in [1.82, 2.24) is 14.7 Å². The zero-order valence-corrected chi connectivity index (χ0v) is 23.8. The summed E-state index contributed by atoms with van der Waals surface area (Å²) in [7, 11) is -2.67. The molecule has 0 aliphatic heterocycles. The van der Waals surface area contributed by atoms with Gasteiger partial charge >= 0.3 is 0 Å². The van der Waals surface area contributed by atoms with Gasteiger partial charge in [-0.2, -0.15) is 8.42 Å². The molecule has 2 unspecified atom stereocenters. The summed E-state index contributed by atoms with van der Waals surface area (Å²) in [5, 5.41) is -0.284. The second-order valence-corrected chi connectivity index (χ2v) is 11.8. The summed E-state index contributed by atoms with van der Waals surface area (Å²) in [6, 6.07) is 11.7. The lowest BCUT2D eigenvalue weighted by Gasteiger charge is -2.30. The largest absolute Gasteiger partial charge is 0.493 e. The van der Waals surface area contributed by atoms with Gasteiger partial charge in [0, 0.05) is 24.4 Å². The zero-order valence-electron chi connectivity index (χ0n) is 23.0. The number of carbonyl (C=O) groups is 1. The molecule has 2 heterocycles. The smallest absolute Gasteiger partial charge is 0.281 e. The monoisotopic (exact) mass is 571 g/mol. The minimum absolute atomic E-state index is 0.0785. The number of rotatable bonds is 10. The molecule has 1 aromatic carbocycles. The fourth-order valence-corrected chi connectivity index (χ4v) is 5.41. The quantitative estimate of drug-likeness (QED) is 0.358. The predicted molar refractivity (Wildman–Crippen MR) is 147 cm³/mol. The lowest BCUT2D eigenvalue weighted by atomic mass is 9.94. The van der Waals surface area contributed by atoms with Crippen LogP contribution in [0.3, 0.4) is 0 Å². The van der Waals surface area contributed by atoms with Crippen LogP contribution in [0.5, 0.6) is 11.6 Å². The van der Waals surface area contributed by atoms with Crippen molar-refractivity contribution in [3.05, 3.63) is 65.6 Å². The highest BCUT2D eigenvalue weighted by Gasteiger charge is 2.30. The third kappa shape index (κ3) is 7.33. The Morgan fingerprint density at radius 3 is 2.52 bits per heavy atom.